The number of nitrogens with two attached hydrogens (primary N) is 1. The van der Waals surface area contributed by atoms with Gasteiger partial charge in [-0.1, -0.05) is 17.7 Å². The highest BCUT2D eigenvalue weighted by Crippen LogP contribution is 2.28. The van der Waals surface area contributed by atoms with Gasteiger partial charge < -0.3 is 15.7 Å². The Hall–Kier alpha value is -1.26. The molecule has 0 aliphatic heterocycles. The van der Waals surface area contributed by atoms with E-state index in [2.05, 4.69) is 0 Å². The number of anilines is 1. The zero-order chi connectivity index (χ0) is 12.3. The lowest BCUT2D eigenvalue weighted by molar-refractivity contribution is -0.138. The number of carbonyl (C=O) groups is 1. The molecule has 0 saturated heterocycles. The third-order valence-corrected chi connectivity index (χ3v) is 2.71. The fourth-order valence-corrected chi connectivity index (χ4v) is 1.76. The molecular formula is C11H15ClN2O2. The molecule has 1 aromatic rings. The smallest absolute Gasteiger partial charge is 0.312 e. The first-order chi connectivity index (χ1) is 7.47. The van der Waals surface area contributed by atoms with Crippen LogP contribution in [-0.2, 0) is 4.79 Å². The van der Waals surface area contributed by atoms with Crippen LogP contribution in [-0.4, -0.2) is 31.7 Å². The molecule has 1 rings (SSSR count). The first-order valence-electron chi connectivity index (χ1n) is 4.87. The molecule has 0 amide bonds. The number of hydrogen-bond acceptors (Lipinski definition) is 3. The minimum atomic E-state index is -0.922. The summed E-state index contributed by atoms with van der Waals surface area (Å²) < 4.78 is 0. The van der Waals surface area contributed by atoms with Crippen molar-refractivity contribution in [1.29, 1.82) is 0 Å². The second kappa shape index (κ2) is 5.18. The topological polar surface area (TPSA) is 66.6 Å². The van der Waals surface area contributed by atoms with Crippen molar-refractivity contribution in [3.63, 3.8) is 0 Å². The maximum absolute atomic E-state index is 11.0. The van der Waals surface area contributed by atoms with E-state index in [-0.39, 0.29) is 6.54 Å². The first-order valence-corrected chi connectivity index (χ1v) is 5.24. The molecule has 16 heavy (non-hydrogen) atoms. The van der Waals surface area contributed by atoms with Crippen LogP contribution in [0.15, 0.2) is 18.2 Å². The number of nitrogens with zero attached hydrogens (tertiary/aromatic N) is 1. The Labute approximate surface area is 99.6 Å². The van der Waals surface area contributed by atoms with Gasteiger partial charge in [0.05, 0.1) is 16.6 Å². The second-order valence-electron chi connectivity index (χ2n) is 3.73. The molecule has 0 bridgehead atoms. The van der Waals surface area contributed by atoms with Crippen LogP contribution < -0.4 is 10.6 Å². The Bertz CT molecular complexity index is 394. The van der Waals surface area contributed by atoms with Gasteiger partial charge in [-0.25, -0.2) is 0 Å². The number of carboxylic acids is 1. The summed E-state index contributed by atoms with van der Waals surface area (Å²) in [6.07, 6.45) is 0. The summed E-state index contributed by atoms with van der Waals surface area (Å²) in [5, 5.41) is 9.59. The highest BCUT2D eigenvalue weighted by Gasteiger charge is 2.19. The molecule has 0 heterocycles. The van der Waals surface area contributed by atoms with Gasteiger partial charge in [0.2, 0.25) is 0 Å². The lowest BCUT2D eigenvalue weighted by Crippen LogP contribution is -2.21. The zero-order valence-electron chi connectivity index (χ0n) is 9.27. The average Bonchev–Trinajstić information content (AvgIpc) is 2.20. The van der Waals surface area contributed by atoms with Crippen molar-refractivity contribution >= 4 is 23.3 Å². The fraction of sp³-hybridized carbons (Fsp3) is 0.364. The summed E-state index contributed by atoms with van der Waals surface area (Å²) >= 11 is 6.00. The van der Waals surface area contributed by atoms with Crippen LogP contribution >= 0.6 is 11.6 Å². The van der Waals surface area contributed by atoms with Crippen LogP contribution in [0, 0.1) is 0 Å². The number of halogens is 1. The van der Waals surface area contributed by atoms with E-state index in [1.807, 2.05) is 19.0 Å². The van der Waals surface area contributed by atoms with Crippen LogP contribution in [0.3, 0.4) is 0 Å². The van der Waals surface area contributed by atoms with Crippen LogP contribution in [0.2, 0.25) is 5.02 Å². The molecule has 1 aromatic carbocycles. The molecule has 5 heteroatoms. The number of aliphatic carboxylic acids is 1. The van der Waals surface area contributed by atoms with E-state index >= 15 is 0 Å². The largest absolute Gasteiger partial charge is 0.481 e. The minimum Gasteiger partial charge on any atom is -0.481 e. The maximum Gasteiger partial charge on any atom is 0.312 e. The van der Waals surface area contributed by atoms with E-state index in [0.717, 1.165) is 5.69 Å². The Morgan fingerprint density at radius 2 is 2.19 bits per heavy atom. The van der Waals surface area contributed by atoms with Crippen LogP contribution in [0.4, 0.5) is 5.69 Å². The molecule has 0 aromatic heterocycles. The highest BCUT2D eigenvalue weighted by molar-refractivity contribution is 6.33. The summed E-state index contributed by atoms with van der Waals surface area (Å²) in [6.45, 7) is 0.0732. The first kappa shape index (κ1) is 12.8. The van der Waals surface area contributed by atoms with E-state index in [4.69, 9.17) is 22.4 Å². The fourth-order valence-electron chi connectivity index (χ4n) is 1.47. The highest BCUT2D eigenvalue weighted by atomic mass is 35.5. The van der Waals surface area contributed by atoms with Gasteiger partial charge in [0.15, 0.2) is 0 Å². The number of rotatable bonds is 4. The molecular weight excluding hydrogens is 228 g/mol. The molecule has 0 saturated carbocycles. The number of benzene rings is 1. The third kappa shape index (κ3) is 2.65. The number of hydrogen-bond donors (Lipinski definition) is 2. The number of carboxylic acid groups (broad SMARTS) is 1. The quantitative estimate of drug-likeness (QED) is 0.841. The van der Waals surface area contributed by atoms with Crippen LogP contribution in [0.1, 0.15) is 11.5 Å². The Morgan fingerprint density at radius 3 is 2.62 bits per heavy atom. The molecule has 0 radical (unpaired) electrons. The molecule has 0 spiro atoms. The van der Waals surface area contributed by atoms with Crippen LogP contribution in [0.25, 0.3) is 0 Å². The molecule has 0 aliphatic carbocycles. The van der Waals surface area contributed by atoms with E-state index in [0.29, 0.717) is 10.6 Å². The van der Waals surface area contributed by atoms with E-state index in [9.17, 15) is 4.79 Å². The van der Waals surface area contributed by atoms with Gasteiger partial charge in [-0.3, -0.25) is 4.79 Å². The predicted molar refractivity (Wildman–Crippen MR) is 65.2 cm³/mol. The third-order valence-electron chi connectivity index (χ3n) is 2.39. The zero-order valence-corrected chi connectivity index (χ0v) is 10.0. The summed E-state index contributed by atoms with van der Waals surface area (Å²) in [4.78, 5) is 12.8. The molecule has 1 unspecified atom stereocenters. The summed E-state index contributed by atoms with van der Waals surface area (Å²) in [5.74, 6) is -1.61. The molecule has 1 atom stereocenters. The molecule has 4 nitrogen and oxygen atoms in total. The van der Waals surface area contributed by atoms with Crippen molar-refractivity contribution < 1.29 is 9.90 Å². The standard InChI is InChI=1S/C11H15ClN2O2/c1-14(2)10-5-7(3-4-9(10)12)8(6-13)11(15)16/h3-5,8H,6,13H2,1-2H3,(H,15,16). The van der Waals surface area contributed by atoms with E-state index in [1.54, 1.807) is 18.2 Å². The Kier molecular flexibility index (Phi) is 4.15. The van der Waals surface area contributed by atoms with Gasteiger partial charge >= 0.3 is 5.97 Å². The lowest BCUT2D eigenvalue weighted by Gasteiger charge is -2.17. The molecule has 0 fully saturated rings. The van der Waals surface area contributed by atoms with Crippen LogP contribution in [0.5, 0.6) is 0 Å². The van der Waals surface area contributed by atoms with Crippen molar-refractivity contribution in [2.24, 2.45) is 5.73 Å². The normalized spacial score (nSPS) is 12.2. The predicted octanol–water partition coefficient (Wildman–Crippen LogP) is 1.53. The Balaban J connectivity index is 3.15. The van der Waals surface area contributed by atoms with E-state index < -0.39 is 11.9 Å². The van der Waals surface area contributed by atoms with Gasteiger partial charge in [0.25, 0.3) is 0 Å². The molecule has 0 aliphatic rings. The SMILES string of the molecule is CN(C)c1cc(C(CN)C(=O)O)ccc1Cl. The van der Waals surface area contributed by atoms with Gasteiger partial charge in [-0.05, 0) is 17.7 Å². The van der Waals surface area contributed by atoms with E-state index in [1.165, 1.54) is 0 Å². The lowest BCUT2D eigenvalue weighted by atomic mass is 9.99. The summed E-state index contributed by atoms with van der Waals surface area (Å²) in [5.41, 5.74) is 6.90. The van der Waals surface area contributed by atoms with Crippen molar-refractivity contribution in [3.8, 4) is 0 Å². The van der Waals surface area contributed by atoms with Gasteiger partial charge in [0, 0.05) is 20.6 Å². The minimum absolute atomic E-state index is 0.0732. The molecule has 88 valence electrons. The summed E-state index contributed by atoms with van der Waals surface area (Å²) in [7, 11) is 3.70. The maximum atomic E-state index is 11.0. The van der Waals surface area contributed by atoms with Crippen molar-refractivity contribution in [3.05, 3.63) is 28.8 Å². The van der Waals surface area contributed by atoms with Gasteiger partial charge in [0.1, 0.15) is 0 Å². The monoisotopic (exact) mass is 242 g/mol. The summed E-state index contributed by atoms with van der Waals surface area (Å²) in [6, 6.07) is 5.15. The average molecular weight is 243 g/mol. The van der Waals surface area contributed by atoms with Gasteiger partial charge in [-0.15, -0.1) is 0 Å². The van der Waals surface area contributed by atoms with Crippen molar-refractivity contribution in [2.75, 3.05) is 25.5 Å². The Morgan fingerprint density at radius 1 is 1.56 bits per heavy atom. The van der Waals surface area contributed by atoms with Crippen molar-refractivity contribution in [1.82, 2.24) is 0 Å². The van der Waals surface area contributed by atoms with Crippen molar-refractivity contribution in [2.45, 2.75) is 5.92 Å². The second-order valence-corrected chi connectivity index (χ2v) is 4.14. The van der Waals surface area contributed by atoms with Gasteiger partial charge in [-0.2, -0.15) is 0 Å². The molecule has 3 N–H and O–H groups in total.